The molecule has 7 heteroatoms. The molecule has 4 aromatic rings. The molecule has 1 aromatic heterocycles. The van der Waals surface area contributed by atoms with Gasteiger partial charge in [-0.25, -0.2) is 8.78 Å². The lowest BCUT2D eigenvalue weighted by Crippen LogP contribution is -2.12. The molecule has 0 bridgehead atoms. The van der Waals surface area contributed by atoms with Crippen molar-refractivity contribution in [3.8, 4) is 17.1 Å². The quantitative estimate of drug-likeness (QED) is 0.517. The van der Waals surface area contributed by atoms with E-state index in [1.165, 1.54) is 19.2 Å². The van der Waals surface area contributed by atoms with Crippen molar-refractivity contribution in [2.24, 2.45) is 0 Å². The number of hydrogen-bond acceptors (Lipinski definition) is 4. The van der Waals surface area contributed by atoms with Gasteiger partial charge in [0.1, 0.15) is 17.1 Å². The zero-order valence-electron chi connectivity index (χ0n) is 15.7. The highest BCUT2D eigenvalue weighted by Gasteiger charge is 2.11. The Labute approximate surface area is 169 Å². The number of ether oxygens (including phenoxy) is 1. The number of carbonyl (C=O) groups is 1. The van der Waals surface area contributed by atoms with Crippen molar-refractivity contribution < 1.29 is 22.7 Å². The average Bonchev–Trinajstić information content (AvgIpc) is 2.76. The lowest BCUT2D eigenvalue weighted by molar-refractivity contribution is 0.102. The van der Waals surface area contributed by atoms with Gasteiger partial charge >= 0.3 is 0 Å². The predicted octanol–water partition coefficient (Wildman–Crippen LogP) is 5.00. The van der Waals surface area contributed by atoms with Crippen molar-refractivity contribution in [2.45, 2.75) is 0 Å². The monoisotopic (exact) mass is 407 g/mol. The van der Waals surface area contributed by atoms with Gasteiger partial charge in [-0.3, -0.25) is 9.59 Å². The van der Waals surface area contributed by atoms with Gasteiger partial charge in [0.25, 0.3) is 5.91 Å². The van der Waals surface area contributed by atoms with E-state index < -0.39 is 17.5 Å². The lowest BCUT2D eigenvalue weighted by atomic mass is 10.1. The van der Waals surface area contributed by atoms with Crippen molar-refractivity contribution >= 4 is 22.6 Å². The predicted molar refractivity (Wildman–Crippen MR) is 109 cm³/mol. The van der Waals surface area contributed by atoms with Gasteiger partial charge in [-0.05, 0) is 60.7 Å². The molecule has 0 spiro atoms. The number of rotatable bonds is 4. The number of halogens is 2. The summed E-state index contributed by atoms with van der Waals surface area (Å²) in [7, 11) is 1.52. The molecule has 1 amide bonds. The van der Waals surface area contributed by atoms with E-state index in [1.807, 2.05) is 0 Å². The third-order valence-electron chi connectivity index (χ3n) is 4.54. The van der Waals surface area contributed by atoms with Gasteiger partial charge in [-0.2, -0.15) is 0 Å². The second-order valence-corrected chi connectivity index (χ2v) is 6.50. The molecule has 0 unspecified atom stereocenters. The van der Waals surface area contributed by atoms with E-state index in [2.05, 4.69) is 5.32 Å². The Balaban J connectivity index is 1.58. The molecule has 3 aromatic carbocycles. The number of amides is 1. The number of benzene rings is 3. The number of hydrogen-bond donors (Lipinski definition) is 1. The molecule has 4 rings (SSSR count). The number of methoxy groups -OCH3 is 1. The van der Waals surface area contributed by atoms with Gasteiger partial charge in [0.2, 0.25) is 0 Å². The summed E-state index contributed by atoms with van der Waals surface area (Å²) in [6.07, 6.45) is 0. The van der Waals surface area contributed by atoms with Crippen LogP contribution in [0.4, 0.5) is 14.5 Å². The molecule has 5 nitrogen and oxygen atoms in total. The summed E-state index contributed by atoms with van der Waals surface area (Å²) in [4.78, 5) is 24.6. The number of carbonyl (C=O) groups excluding carboxylic acids is 1. The first kappa shape index (κ1) is 19.3. The lowest BCUT2D eigenvalue weighted by Gasteiger charge is -2.08. The highest BCUT2D eigenvalue weighted by atomic mass is 19.2. The first-order chi connectivity index (χ1) is 14.4. The summed E-state index contributed by atoms with van der Waals surface area (Å²) >= 11 is 0. The average molecular weight is 407 g/mol. The van der Waals surface area contributed by atoms with Gasteiger partial charge in [-0.15, -0.1) is 0 Å². The van der Waals surface area contributed by atoms with Crippen LogP contribution in [-0.4, -0.2) is 13.0 Å². The van der Waals surface area contributed by atoms with Crippen molar-refractivity contribution in [2.75, 3.05) is 12.4 Å². The van der Waals surface area contributed by atoms with Crippen LogP contribution in [0, 0.1) is 11.6 Å². The van der Waals surface area contributed by atoms with E-state index in [1.54, 1.807) is 42.5 Å². The van der Waals surface area contributed by atoms with Gasteiger partial charge in [0.05, 0.1) is 12.5 Å². The van der Waals surface area contributed by atoms with E-state index >= 15 is 0 Å². The molecule has 1 N–H and O–H groups in total. The normalized spacial score (nSPS) is 10.8. The molecule has 0 atom stereocenters. The molecule has 0 fully saturated rings. The summed E-state index contributed by atoms with van der Waals surface area (Å²) in [5.41, 5.74) is 1.29. The van der Waals surface area contributed by atoms with Crippen LogP contribution in [0.3, 0.4) is 0 Å². The fourth-order valence-electron chi connectivity index (χ4n) is 2.96. The summed E-state index contributed by atoms with van der Waals surface area (Å²) in [6, 6.07) is 15.9. The third-order valence-corrected chi connectivity index (χ3v) is 4.54. The van der Waals surface area contributed by atoms with E-state index in [-0.39, 0.29) is 11.0 Å². The van der Waals surface area contributed by atoms with E-state index in [4.69, 9.17) is 9.15 Å². The van der Waals surface area contributed by atoms with Gasteiger partial charge in [-0.1, -0.05) is 0 Å². The smallest absolute Gasteiger partial charge is 0.255 e. The zero-order chi connectivity index (χ0) is 21.3. The minimum absolute atomic E-state index is 0.00562. The Morgan fingerprint density at radius 3 is 2.40 bits per heavy atom. The number of nitrogens with one attached hydrogen (secondary N) is 1. The van der Waals surface area contributed by atoms with Crippen LogP contribution in [0.5, 0.6) is 5.75 Å². The minimum Gasteiger partial charge on any atom is -0.497 e. The van der Waals surface area contributed by atoms with Crippen LogP contribution in [0.1, 0.15) is 10.4 Å². The Morgan fingerprint density at radius 1 is 0.933 bits per heavy atom. The van der Waals surface area contributed by atoms with Gasteiger partial charge in [0.15, 0.2) is 17.1 Å². The Bertz CT molecular complexity index is 1310. The highest BCUT2D eigenvalue weighted by molar-refractivity contribution is 6.04. The first-order valence-corrected chi connectivity index (χ1v) is 8.93. The van der Waals surface area contributed by atoms with Crippen molar-refractivity contribution in [3.63, 3.8) is 0 Å². The second kappa shape index (κ2) is 7.79. The maximum atomic E-state index is 13.3. The zero-order valence-corrected chi connectivity index (χ0v) is 15.7. The fourth-order valence-corrected chi connectivity index (χ4v) is 2.96. The molecule has 30 heavy (non-hydrogen) atoms. The fraction of sp³-hybridized carbons (Fsp3) is 0.0435. The molecular weight excluding hydrogens is 392 g/mol. The van der Waals surface area contributed by atoms with E-state index in [0.29, 0.717) is 33.7 Å². The maximum Gasteiger partial charge on any atom is 0.255 e. The first-order valence-electron chi connectivity index (χ1n) is 8.93. The number of anilines is 1. The Kier molecular flexibility index (Phi) is 5.02. The standard InChI is InChI=1S/C23H15F2NO4/c1-29-16-7-9-21-17(11-16)20(27)12-22(30-21)13-2-5-15(6-3-13)26-23(28)14-4-8-18(24)19(25)10-14/h2-12H,1H3,(H,26,28). The molecule has 0 saturated carbocycles. The molecule has 0 radical (unpaired) electrons. The van der Waals surface area contributed by atoms with Crippen molar-refractivity contribution in [1.82, 2.24) is 0 Å². The topological polar surface area (TPSA) is 68.5 Å². The largest absolute Gasteiger partial charge is 0.497 e. The molecule has 0 saturated heterocycles. The summed E-state index contributed by atoms with van der Waals surface area (Å²) in [6.45, 7) is 0. The van der Waals surface area contributed by atoms with Gasteiger partial charge in [0, 0.05) is 22.9 Å². The Hall–Kier alpha value is -4.00. The van der Waals surface area contributed by atoms with Crippen LogP contribution < -0.4 is 15.5 Å². The molecule has 0 aliphatic heterocycles. The van der Waals surface area contributed by atoms with Crippen LogP contribution in [0.25, 0.3) is 22.3 Å². The van der Waals surface area contributed by atoms with Crippen LogP contribution in [0.15, 0.2) is 75.9 Å². The third kappa shape index (κ3) is 3.77. The molecule has 0 aliphatic carbocycles. The van der Waals surface area contributed by atoms with Crippen LogP contribution in [-0.2, 0) is 0 Å². The van der Waals surface area contributed by atoms with Gasteiger partial charge < -0.3 is 14.5 Å². The number of fused-ring (bicyclic) bond motifs is 1. The van der Waals surface area contributed by atoms with Crippen molar-refractivity contribution in [3.05, 3.63) is 94.2 Å². The SMILES string of the molecule is COc1ccc2oc(-c3ccc(NC(=O)c4ccc(F)c(F)c4)cc3)cc(=O)c2c1. The van der Waals surface area contributed by atoms with Crippen LogP contribution >= 0.6 is 0 Å². The van der Waals surface area contributed by atoms with Crippen molar-refractivity contribution in [1.29, 1.82) is 0 Å². The minimum atomic E-state index is -1.10. The molecule has 0 aliphatic rings. The molecular formula is C23H15F2NO4. The van der Waals surface area contributed by atoms with E-state index in [0.717, 1.165) is 12.1 Å². The molecule has 150 valence electrons. The summed E-state index contributed by atoms with van der Waals surface area (Å²) in [5.74, 6) is -1.76. The summed E-state index contributed by atoms with van der Waals surface area (Å²) < 4.78 is 37.3. The Morgan fingerprint density at radius 2 is 1.70 bits per heavy atom. The second-order valence-electron chi connectivity index (χ2n) is 6.50. The summed E-state index contributed by atoms with van der Waals surface area (Å²) in [5, 5.41) is 3.01. The van der Waals surface area contributed by atoms with Crippen LogP contribution in [0.2, 0.25) is 0 Å². The highest BCUT2D eigenvalue weighted by Crippen LogP contribution is 2.26. The maximum absolute atomic E-state index is 13.3. The molecule has 1 heterocycles. The van der Waals surface area contributed by atoms with E-state index in [9.17, 15) is 18.4 Å².